The summed E-state index contributed by atoms with van der Waals surface area (Å²) in [7, 11) is 0. The van der Waals surface area contributed by atoms with Gasteiger partial charge in [0.15, 0.2) is 0 Å². The number of aromatic hydroxyl groups is 1. The van der Waals surface area contributed by atoms with Crippen molar-refractivity contribution in [1.82, 2.24) is 0 Å². The molecule has 1 atom stereocenters. The number of rotatable bonds is 1. The summed E-state index contributed by atoms with van der Waals surface area (Å²) in [5, 5.41) is 18.6. The van der Waals surface area contributed by atoms with Gasteiger partial charge in [0, 0.05) is 5.69 Å². The Kier molecular flexibility index (Phi) is 2.67. The molecule has 1 saturated heterocycles. The Hall–Kier alpha value is -1.07. The quantitative estimate of drug-likeness (QED) is 0.808. The molecule has 0 bridgehead atoms. The summed E-state index contributed by atoms with van der Waals surface area (Å²) < 4.78 is 0.536. The number of phenolic OH excluding ortho intramolecular Hbond substituents is 1. The lowest BCUT2D eigenvalue weighted by molar-refractivity contribution is -0.117. The van der Waals surface area contributed by atoms with Gasteiger partial charge >= 0.3 is 0 Å². The maximum atomic E-state index is 11.5. The summed E-state index contributed by atoms with van der Waals surface area (Å²) in [5.74, 6) is 0.0334. The third-order valence-electron chi connectivity index (χ3n) is 2.35. The first-order valence-corrected chi connectivity index (χ1v) is 5.34. The Balaban J connectivity index is 2.30. The molecule has 1 aromatic rings. The molecule has 1 aromatic carbocycles. The predicted molar refractivity (Wildman–Crippen MR) is 58.8 cm³/mol. The molecule has 2 rings (SSSR count). The van der Waals surface area contributed by atoms with E-state index in [1.54, 1.807) is 12.1 Å². The standard InChI is InChI=1S/C10H10BrNO3/c11-8-3-6(1-2-9(8)14)12-5-7(13)4-10(12)15/h1-3,7,13-14H,4-5H2. The molecule has 15 heavy (non-hydrogen) atoms. The van der Waals surface area contributed by atoms with Crippen LogP contribution in [0.3, 0.4) is 0 Å². The van der Waals surface area contributed by atoms with E-state index in [2.05, 4.69) is 15.9 Å². The lowest BCUT2D eigenvalue weighted by Gasteiger charge is -2.16. The van der Waals surface area contributed by atoms with Crippen molar-refractivity contribution in [3.05, 3.63) is 22.7 Å². The zero-order valence-electron chi connectivity index (χ0n) is 7.85. The van der Waals surface area contributed by atoms with Gasteiger partial charge in [-0.3, -0.25) is 4.79 Å². The molecule has 2 N–H and O–H groups in total. The minimum Gasteiger partial charge on any atom is -0.507 e. The average molecular weight is 272 g/mol. The maximum Gasteiger partial charge on any atom is 0.229 e. The Morgan fingerprint density at radius 2 is 2.20 bits per heavy atom. The van der Waals surface area contributed by atoms with Crippen LogP contribution in [-0.2, 0) is 4.79 Å². The fourth-order valence-corrected chi connectivity index (χ4v) is 1.97. The van der Waals surface area contributed by atoms with Crippen LogP contribution >= 0.6 is 15.9 Å². The van der Waals surface area contributed by atoms with Gasteiger partial charge in [0.1, 0.15) is 5.75 Å². The van der Waals surface area contributed by atoms with Crippen LogP contribution in [-0.4, -0.2) is 28.8 Å². The second-order valence-corrected chi connectivity index (χ2v) is 4.35. The van der Waals surface area contributed by atoms with Crippen LogP contribution < -0.4 is 4.90 Å². The van der Waals surface area contributed by atoms with E-state index < -0.39 is 6.10 Å². The van der Waals surface area contributed by atoms with E-state index in [1.807, 2.05) is 0 Å². The summed E-state index contributed by atoms with van der Waals surface area (Å²) in [6.07, 6.45) is -0.427. The lowest BCUT2D eigenvalue weighted by atomic mass is 10.3. The Labute approximate surface area is 95.3 Å². The fraction of sp³-hybridized carbons (Fsp3) is 0.300. The van der Waals surface area contributed by atoms with Crippen molar-refractivity contribution < 1.29 is 15.0 Å². The maximum absolute atomic E-state index is 11.5. The van der Waals surface area contributed by atoms with E-state index in [4.69, 9.17) is 0 Å². The Bertz CT molecular complexity index is 408. The van der Waals surface area contributed by atoms with Gasteiger partial charge in [0.25, 0.3) is 0 Å². The van der Waals surface area contributed by atoms with E-state index in [9.17, 15) is 15.0 Å². The number of β-amino-alcohol motifs (C(OH)–C–C–N with tert-alkyl or cyclic N) is 1. The van der Waals surface area contributed by atoms with Gasteiger partial charge in [-0.15, -0.1) is 0 Å². The number of aliphatic hydroxyl groups excluding tert-OH is 1. The molecule has 4 nitrogen and oxygen atoms in total. The fourth-order valence-electron chi connectivity index (χ4n) is 1.60. The highest BCUT2D eigenvalue weighted by atomic mass is 79.9. The van der Waals surface area contributed by atoms with Crippen molar-refractivity contribution in [2.75, 3.05) is 11.4 Å². The molecule has 80 valence electrons. The summed E-state index contributed by atoms with van der Waals surface area (Å²) in [6.45, 7) is 0.316. The molecule has 1 aliphatic heterocycles. The summed E-state index contributed by atoms with van der Waals surface area (Å²) in [5.41, 5.74) is 0.682. The third-order valence-corrected chi connectivity index (χ3v) is 2.98. The van der Waals surface area contributed by atoms with Crippen LogP contribution in [0.2, 0.25) is 0 Å². The van der Waals surface area contributed by atoms with Gasteiger partial charge in [0.05, 0.1) is 23.5 Å². The molecule has 1 heterocycles. The largest absolute Gasteiger partial charge is 0.507 e. The van der Waals surface area contributed by atoms with Crippen molar-refractivity contribution >= 4 is 27.5 Å². The Morgan fingerprint density at radius 1 is 1.47 bits per heavy atom. The number of aliphatic hydroxyl groups is 1. The minimum atomic E-state index is -0.593. The highest BCUT2D eigenvalue weighted by Crippen LogP contribution is 2.30. The van der Waals surface area contributed by atoms with Crippen LogP contribution in [0, 0.1) is 0 Å². The first kappa shape index (κ1) is 10.4. The number of benzene rings is 1. The molecule has 0 spiro atoms. The molecule has 1 amide bonds. The second-order valence-electron chi connectivity index (χ2n) is 3.50. The van der Waals surface area contributed by atoms with Crippen LogP contribution in [0.4, 0.5) is 5.69 Å². The number of amides is 1. The van der Waals surface area contributed by atoms with Crippen molar-refractivity contribution in [2.45, 2.75) is 12.5 Å². The molecule has 1 fully saturated rings. The second kappa shape index (κ2) is 3.83. The molecular weight excluding hydrogens is 262 g/mol. The van der Waals surface area contributed by atoms with Crippen LogP contribution in [0.15, 0.2) is 22.7 Å². The van der Waals surface area contributed by atoms with E-state index in [-0.39, 0.29) is 18.1 Å². The summed E-state index contributed by atoms with van der Waals surface area (Å²) in [4.78, 5) is 13.0. The summed E-state index contributed by atoms with van der Waals surface area (Å²) >= 11 is 3.18. The molecular formula is C10H10BrNO3. The first-order chi connectivity index (χ1) is 7.08. The molecule has 0 saturated carbocycles. The van der Waals surface area contributed by atoms with Gasteiger partial charge in [-0.1, -0.05) is 0 Å². The molecule has 0 aliphatic carbocycles. The number of hydrogen-bond acceptors (Lipinski definition) is 3. The van der Waals surface area contributed by atoms with E-state index >= 15 is 0 Å². The van der Waals surface area contributed by atoms with Gasteiger partial charge in [-0.05, 0) is 34.1 Å². The van der Waals surface area contributed by atoms with Crippen LogP contribution in [0.1, 0.15) is 6.42 Å². The van der Waals surface area contributed by atoms with Gasteiger partial charge in [-0.25, -0.2) is 0 Å². The van der Waals surface area contributed by atoms with Crippen LogP contribution in [0.25, 0.3) is 0 Å². The number of phenols is 1. The number of nitrogens with zero attached hydrogens (tertiary/aromatic N) is 1. The first-order valence-electron chi connectivity index (χ1n) is 4.55. The normalized spacial score (nSPS) is 21.1. The molecule has 0 radical (unpaired) electrons. The topological polar surface area (TPSA) is 60.8 Å². The summed E-state index contributed by atoms with van der Waals surface area (Å²) in [6, 6.07) is 4.82. The third kappa shape index (κ3) is 1.98. The predicted octanol–water partition coefficient (Wildman–Crippen LogP) is 1.25. The zero-order valence-corrected chi connectivity index (χ0v) is 9.44. The number of hydrogen-bond donors (Lipinski definition) is 2. The lowest BCUT2D eigenvalue weighted by Crippen LogP contribution is -2.25. The number of carbonyl (C=O) groups excluding carboxylic acids is 1. The average Bonchev–Trinajstić information content (AvgIpc) is 2.50. The zero-order chi connectivity index (χ0) is 11.0. The Morgan fingerprint density at radius 3 is 2.73 bits per heavy atom. The monoisotopic (exact) mass is 271 g/mol. The van der Waals surface area contributed by atoms with Gasteiger partial charge in [-0.2, -0.15) is 0 Å². The van der Waals surface area contributed by atoms with Crippen molar-refractivity contribution in [3.63, 3.8) is 0 Å². The minimum absolute atomic E-state index is 0.0971. The number of anilines is 1. The molecule has 5 heteroatoms. The number of carbonyl (C=O) groups is 1. The smallest absolute Gasteiger partial charge is 0.229 e. The molecule has 1 unspecified atom stereocenters. The van der Waals surface area contributed by atoms with E-state index in [0.717, 1.165) is 0 Å². The van der Waals surface area contributed by atoms with E-state index in [0.29, 0.717) is 16.7 Å². The van der Waals surface area contributed by atoms with Gasteiger partial charge in [0.2, 0.25) is 5.91 Å². The SMILES string of the molecule is O=C1CC(O)CN1c1ccc(O)c(Br)c1. The number of halogens is 1. The van der Waals surface area contributed by atoms with Crippen molar-refractivity contribution in [3.8, 4) is 5.75 Å². The molecule has 1 aliphatic rings. The highest BCUT2D eigenvalue weighted by Gasteiger charge is 2.29. The van der Waals surface area contributed by atoms with Gasteiger partial charge < -0.3 is 15.1 Å². The van der Waals surface area contributed by atoms with Crippen molar-refractivity contribution in [1.29, 1.82) is 0 Å². The van der Waals surface area contributed by atoms with Crippen LogP contribution in [0.5, 0.6) is 5.75 Å². The van der Waals surface area contributed by atoms with E-state index in [1.165, 1.54) is 11.0 Å². The molecule has 0 aromatic heterocycles. The van der Waals surface area contributed by atoms with Crippen molar-refractivity contribution in [2.24, 2.45) is 0 Å². The highest BCUT2D eigenvalue weighted by molar-refractivity contribution is 9.10.